The van der Waals surface area contributed by atoms with Crippen molar-refractivity contribution in [2.45, 2.75) is 142 Å². The minimum atomic E-state index is -0.890. The van der Waals surface area contributed by atoms with Crippen LogP contribution in [-0.2, 0) is 25.7 Å². The number of aryl methyl sites for hydroxylation is 1. The average molecular weight is 986 g/mol. The summed E-state index contributed by atoms with van der Waals surface area (Å²) in [6.45, 7) is 8.41. The maximum Gasteiger partial charge on any atom is 0.255 e. The molecule has 4 aromatic heterocycles. The number of anilines is 3. The van der Waals surface area contributed by atoms with Gasteiger partial charge in [-0.3, -0.25) is 29.0 Å². The molecule has 1 saturated heterocycles. The number of hydrogen-bond acceptors (Lipinski definition) is 13. The zero-order chi connectivity index (χ0) is 50.1. The summed E-state index contributed by atoms with van der Waals surface area (Å²) in [6.07, 6.45) is 12.4. The Morgan fingerprint density at radius 2 is 1.61 bits per heavy atom. The second-order valence-corrected chi connectivity index (χ2v) is 21.2. The highest BCUT2D eigenvalue weighted by Crippen LogP contribution is 2.32. The van der Waals surface area contributed by atoms with Crippen molar-refractivity contribution in [2.24, 2.45) is 11.3 Å². The number of fused-ring (bicyclic) bond motifs is 1. The molecule has 376 valence electrons. The van der Waals surface area contributed by atoms with E-state index in [1.807, 2.05) is 81.7 Å². The molecule has 3 atom stereocenters. The molecule has 0 bridgehead atoms. The number of nitrogens with zero attached hydrogens (tertiary/aromatic N) is 5. The standard InChI is InChI=1S/C53H67N11O6S/c1-32-47(71-31-58-32)34-12-10-33(11-13-34)27-57-51(69)43-25-39(65)30-64(43)52(70)48(53(2,3)4)63-46(66)9-7-5-6-8-23-55-49(67)35-14-17-38(18-15-35)60-50(68)40-29-56-45(26-42(40)59-37-19-20-37)62-44-21-16-36-28-54-24-22-41(36)61-44/h10-13,16,21-22,24,26,28-29,31,35,37-39,43,48,65H,5-9,14-15,17-20,23,25,27,30H2,1-4H3,(H,55,67)(H,57,69)(H,60,68)(H,63,66)(H2,56,59,61,62)/t35-,38-,39-,43+,48+/m1/s1. The maximum atomic E-state index is 14.0. The van der Waals surface area contributed by atoms with Crippen LogP contribution in [0, 0.1) is 18.3 Å². The van der Waals surface area contributed by atoms with Gasteiger partial charge in [-0.25, -0.2) is 15.0 Å². The Balaban J connectivity index is 0.717. The molecule has 0 unspecified atom stereocenters. The van der Waals surface area contributed by atoms with Gasteiger partial charge in [-0.2, -0.15) is 0 Å². The van der Waals surface area contributed by atoms with Crippen LogP contribution >= 0.6 is 11.3 Å². The zero-order valence-electron chi connectivity index (χ0n) is 41.1. The fourth-order valence-corrected chi connectivity index (χ4v) is 10.1. The van der Waals surface area contributed by atoms with Crippen LogP contribution in [0.2, 0.25) is 0 Å². The van der Waals surface area contributed by atoms with Crippen LogP contribution in [0.5, 0.6) is 0 Å². The van der Waals surface area contributed by atoms with Crippen molar-refractivity contribution in [3.8, 4) is 10.4 Å². The summed E-state index contributed by atoms with van der Waals surface area (Å²) in [5.41, 5.74) is 6.12. The number of likely N-dealkylation sites (tertiary alicyclic amines) is 1. The molecular weight excluding hydrogens is 919 g/mol. The van der Waals surface area contributed by atoms with Gasteiger partial charge < -0.3 is 41.9 Å². The van der Waals surface area contributed by atoms with Gasteiger partial charge in [-0.15, -0.1) is 11.3 Å². The molecule has 17 nitrogen and oxygen atoms in total. The first-order valence-electron chi connectivity index (χ1n) is 25.1. The van der Waals surface area contributed by atoms with Gasteiger partial charge in [0, 0.05) is 80.5 Å². The molecule has 1 aliphatic heterocycles. The van der Waals surface area contributed by atoms with Crippen molar-refractivity contribution in [2.75, 3.05) is 23.7 Å². The number of aromatic nitrogens is 4. The molecule has 7 N–H and O–H groups in total. The first kappa shape index (κ1) is 50.8. The topological polar surface area (TPSA) is 233 Å². The number of amides is 5. The molecule has 2 saturated carbocycles. The molecular formula is C53H67N11O6S. The van der Waals surface area contributed by atoms with Gasteiger partial charge in [0.1, 0.15) is 23.7 Å². The van der Waals surface area contributed by atoms with E-state index < -0.39 is 29.5 Å². The van der Waals surface area contributed by atoms with Crippen LogP contribution in [0.3, 0.4) is 0 Å². The summed E-state index contributed by atoms with van der Waals surface area (Å²) in [4.78, 5) is 87.6. The van der Waals surface area contributed by atoms with Crippen LogP contribution in [0.1, 0.15) is 119 Å². The van der Waals surface area contributed by atoms with E-state index in [2.05, 4.69) is 51.8 Å². The quantitative estimate of drug-likeness (QED) is 0.0393. The number of aliphatic hydroxyl groups is 1. The van der Waals surface area contributed by atoms with Gasteiger partial charge in [0.15, 0.2) is 0 Å². The number of thiazole rings is 1. The van der Waals surface area contributed by atoms with E-state index in [1.54, 1.807) is 29.9 Å². The normalized spacial score (nSPS) is 19.4. The lowest BCUT2D eigenvalue weighted by Crippen LogP contribution is -2.57. The van der Waals surface area contributed by atoms with Crippen LogP contribution in [-0.4, -0.2) is 103 Å². The number of carbonyl (C=O) groups is 5. The monoisotopic (exact) mass is 985 g/mol. The molecule has 3 aliphatic rings. The third-order valence-electron chi connectivity index (χ3n) is 13.6. The maximum absolute atomic E-state index is 14.0. The molecule has 5 heterocycles. The second-order valence-electron chi connectivity index (χ2n) is 20.3. The smallest absolute Gasteiger partial charge is 0.255 e. The lowest BCUT2D eigenvalue weighted by molar-refractivity contribution is -0.144. The molecule has 0 radical (unpaired) electrons. The highest BCUT2D eigenvalue weighted by Gasteiger charge is 2.44. The third kappa shape index (κ3) is 13.7. The molecule has 8 rings (SSSR count). The third-order valence-corrected chi connectivity index (χ3v) is 14.6. The number of rotatable bonds is 20. The van der Waals surface area contributed by atoms with Gasteiger partial charge in [-0.05, 0) is 93.0 Å². The SMILES string of the molecule is Cc1ncsc1-c1ccc(CNC(=O)[C@@H]2C[C@@H](O)CN2C(=O)[C@H](NC(=O)CCCCCCNC(=O)[C@H]2CC[C@H](NC(=O)c3cnc(Nc4ccc5cnccc5n4)cc3NC3CC3)CC2)C(C)(C)C)cc1. The van der Waals surface area contributed by atoms with E-state index in [4.69, 9.17) is 0 Å². The highest BCUT2D eigenvalue weighted by molar-refractivity contribution is 7.13. The van der Waals surface area contributed by atoms with E-state index in [9.17, 15) is 29.1 Å². The number of carbonyl (C=O) groups excluding carboxylic acids is 5. The first-order chi connectivity index (χ1) is 34.2. The number of aliphatic hydroxyl groups excluding tert-OH is 1. The molecule has 1 aromatic carbocycles. The van der Waals surface area contributed by atoms with Crippen LogP contribution in [0.4, 0.5) is 17.3 Å². The number of hydrogen-bond donors (Lipinski definition) is 7. The van der Waals surface area contributed by atoms with Crippen LogP contribution in [0.15, 0.2) is 72.6 Å². The zero-order valence-corrected chi connectivity index (χ0v) is 41.9. The Kier molecular flexibility index (Phi) is 16.6. The summed E-state index contributed by atoms with van der Waals surface area (Å²) in [5.74, 6) is -0.0316. The lowest BCUT2D eigenvalue weighted by Gasteiger charge is -2.35. The second kappa shape index (κ2) is 23.1. The lowest BCUT2D eigenvalue weighted by atomic mass is 9.85. The predicted molar refractivity (Wildman–Crippen MR) is 275 cm³/mol. The molecule has 3 fully saturated rings. The average Bonchev–Trinajstić information content (AvgIpc) is 3.93. The summed E-state index contributed by atoms with van der Waals surface area (Å²) < 4.78 is 0. The summed E-state index contributed by atoms with van der Waals surface area (Å²) in [5, 5.41) is 30.5. The molecule has 18 heteroatoms. The number of β-amino-alcohol motifs (C(OH)–C–C–N with tert-alkyl or cyclic N) is 1. The number of nitrogens with one attached hydrogen (secondary N) is 6. The Hall–Kier alpha value is -6.53. The van der Waals surface area contributed by atoms with Gasteiger partial charge in [0.25, 0.3) is 5.91 Å². The molecule has 5 amide bonds. The van der Waals surface area contributed by atoms with Crippen molar-refractivity contribution in [1.29, 1.82) is 0 Å². The van der Waals surface area contributed by atoms with Crippen molar-refractivity contribution in [3.63, 3.8) is 0 Å². The van der Waals surface area contributed by atoms with Crippen LogP contribution < -0.4 is 31.9 Å². The van der Waals surface area contributed by atoms with E-state index in [0.717, 1.165) is 70.4 Å². The van der Waals surface area contributed by atoms with Crippen molar-refractivity contribution in [3.05, 3.63) is 89.5 Å². The number of benzene rings is 1. The number of pyridine rings is 3. The van der Waals surface area contributed by atoms with Crippen LogP contribution in [0.25, 0.3) is 21.3 Å². The van der Waals surface area contributed by atoms with Crippen molar-refractivity contribution in [1.82, 2.24) is 46.1 Å². The van der Waals surface area contributed by atoms with Gasteiger partial charge in [-0.1, -0.05) is 57.9 Å². The summed E-state index contributed by atoms with van der Waals surface area (Å²) in [7, 11) is 0. The predicted octanol–water partition coefficient (Wildman–Crippen LogP) is 6.94. The highest BCUT2D eigenvalue weighted by atomic mass is 32.1. The summed E-state index contributed by atoms with van der Waals surface area (Å²) in [6, 6.07) is 14.0. The van der Waals surface area contributed by atoms with Crippen molar-refractivity contribution < 1.29 is 29.1 Å². The fourth-order valence-electron chi connectivity index (χ4n) is 9.33. The largest absolute Gasteiger partial charge is 0.391 e. The molecule has 71 heavy (non-hydrogen) atoms. The van der Waals surface area contributed by atoms with Gasteiger partial charge >= 0.3 is 0 Å². The van der Waals surface area contributed by atoms with E-state index >= 15 is 0 Å². The van der Waals surface area contributed by atoms with Gasteiger partial charge in [0.05, 0.1) is 39.0 Å². The van der Waals surface area contributed by atoms with Gasteiger partial charge in [0.2, 0.25) is 23.6 Å². The summed E-state index contributed by atoms with van der Waals surface area (Å²) >= 11 is 1.58. The molecule has 2 aliphatic carbocycles. The van der Waals surface area contributed by atoms with E-state index in [0.29, 0.717) is 61.9 Å². The van der Waals surface area contributed by atoms with E-state index in [-0.39, 0.29) is 61.5 Å². The minimum absolute atomic E-state index is 0.00975. The van der Waals surface area contributed by atoms with E-state index in [1.165, 1.54) is 4.90 Å². The Labute approximate surface area is 419 Å². The fraction of sp³-hybridized carbons (Fsp3) is 0.491. The molecule has 5 aromatic rings. The Bertz CT molecular complexity index is 2680. The number of unbranched alkanes of at least 4 members (excludes halogenated alkanes) is 3. The van der Waals surface area contributed by atoms with Crippen molar-refractivity contribution >= 4 is 69.1 Å². The Morgan fingerprint density at radius 3 is 2.34 bits per heavy atom. The first-order valence-corrected chi connectivity index (χ1v) is 25.9. The molecule has 0 spiro atoms. The minimum Gasteiger partial charge on any atom is -0.391 e. The Morgan fingerprint density at radius 1 is 0.845 bits per heavy atom.